The van der Waals surface area contributed by atoms with Gasteiger partial charge in [-0.1, -0.05) is 17.3 Å². The molecule has 1 rings (SSSR count). The Morgan fingerprint density at radius 3 is 2.91 bits per heavy atom. The van der Waals surface area contributed by atoms with Gasteiger partial charge in [-0.15, -0.1) is 0 Å². The predicted octanol–water partition coefficient (Wildman–Crippen LogP) is 1.29. The van der Waals surface area contributed by atoms with E-state index in [-0.39, 0.29) is 5.78 Å². The largest absolute Gasteiger partial charge is 0.411 e. The van der Waals surface area contributed by atoms with Crippen molar-refractivity contribution in [2.75, 3.05) is 0 Å². The molecule has 0 aromatic heterocycles. The molecule has 0 heterocycles. The fourth-order valence-electron chi connectivity index (χ4n) is 0.950. The summed E-state index contributed by atoms with van der Waals surface area (Å²) in [5.74, 6) is 0.0718. The number of ketones is 1. The first kappa shape index (κ1) is 7.72. The Morgan fingerprint density at radius 2 is 2.45 bits per heavy atom. The fourth-order valence-corrected chi connectivity index (χ4v) is 0.950. The predicted molar refractivity (Wildman–Crippen MR) is 41.7 cm³/mol. The third kappa shape index (κ3) is 1.77. The third-order valence-electron chi connectivity index (χ3n) is 1.57. The minimum atomic E-state index is 0.0718. The second kappa shape index (κ2) is 3.14. The topological polar surface area (TPSA) is 49.7 Å². The van der Waals surface area contributed by atoms with Crippen molar-refractivity contribution in [2.24, 2.45) is 5.16 Å². The summed E-state index contributed by atoms with van der Waals surface area (Å²) in [6.07, 6.45) is 5.45. The Kier molecular flexibility index (Phi) is 2.21. The maximum atomic E-state index is 10.8. The van der Waals surface area contributed by atoms with Crippen LogP contribution in [0.1, 0.15) is 13.3 Å². The summed E-state index contributed by atoms with van der Waals surface area (Å²) in [4.78, 5) is 10.8. The van der Waals surface area contributed by atoms with Crippen LogP contribution < -0.4 is 0 Å². The zero-order chi connectivity index (χ0) is 8.27. The van der Waals surface area contributed by atoms with Crippen molar-refractivity contribution in [3.8, 4) is 0 Å². The molecule has 0 bridgehead atoms. The van der Waals surface area contributed by atoms with Crippen LogP contribution in [0.25, 0.3) is 0 Å². The minimum Gasteiger partial charge on any atom is -0.411 e. The van der Waals surface area contributed by atoms with Crippen molar-refractivity contribution < 1.29 is 10.0 Å². The lowest BCUT2D eigenvalue weighted by atomic mass is 10.1. The van der Waals surface area contributed by atoms with Gasteiger partial charge in [-0.3, -0.25) is 4.79 Å². The van der Waals surface area contributed by atoms with E-state index in [1.54, 1.807) is 12.2 Å². The van der Waals surface area contributed by atoms with Gasteiger partial charge in [0.15, 0.2) is 5.78 Å². The molecule has 3 nitrogen and oxygen atoms in total. The highest BCUT2D eigenvalue weighted by atomic mass is 16.4. The van der Waals surface area contributed by atoms with E-state index >= 15 is 0 Å². The summed E-state index contributed by atoms with van der Waals surface area (Å²) in [6, 6.07) is 0. The van der Waals surface area contributed by atoms with Crippen LogP contribution in [0.15, 0.2) is 28.5 Å². The molecule has 1 aliphatic carbocycles. The Bertz CT molecular complexity index is 261. The number of allylic oxidation sites excluding steroid dienone is 4. The van der Waals surface area contributed by atoms with Gasteiger partial charge in [-0.25, -0.2) is 0 Å². The zero-order valence-electron chi connectivity index (χ0n) is 6.24. The van der Waals surface area contributed by atoms with Crippen LogP contribution in [0.3, 0.4) is 0 Å². The Balaban J connectivity index is 2.59. The summed E-state index contributed by atoms with van der Waals surface area (Å²) in [7, 11) is 0. The van der Waals surface area contributed by atoms with Gasteiger partial charge in [0.2, 0.25) is 0 Å². The second-order valence-electron chi connectivity index (χ2n) is 2.41. The van der Waals surface area contributed by atoms with Gasteiger partial charge in [-0.2, -0.15) is 0 Å². The summed E-state index contributed by atoms with van der Waals surface area (Å²) < 4.78 is 0. The molecule has 3 heteroatoms. The molecule has 0 saturated carbocycles. The fraction of sp³-hybridized carbons (Fsp3) is 0.250. The number of nitrogens with zero attached hydrogens (tertiary/aromatic N) is 1. The van der Waals surface area contributed by atoms with E-state index in [0.717, 1.165) is 11.1 Å². The Morgan fingerprint density at radius 1 is 1.73 bits per heavy atom. The van der Waals surface area contributed by atoms with Crippen LogP contribution in [-0.4, -0.2) is 17.2 Å². The smallest absolute Gasteiger partial charge is 0.156 e. The maximum Gasteiger partial charge on any atom is 0.156 e. The first-order valence-electron chi connectivity index (χ1n) is 3.32. The van der Waals surface area contributed by atoms with E-state index in [9.17, 15) is 4.79 Å². The van der Waals surface area contributed by atoms with Gasteiger partial charge >= 0.3 is 0 Å². The number of hydrogen-bond donors (Lipinski definition) is 1. The van der Waals surface area contributed by atoms with Gasteiger partial charge in [-0.05, 0) is 18.1 Å². The van der Waals surface area contributed by atoms with Crippen molar-refractivity contribution in [3.63, 3.8) is 0 Å². The molecule has 1 N–H and O–H groups in total. The van der Waals surface area contributed by atoms with E-state index in [1.807, 2.05) is 0 Å². The molecule has 0 radical (unpaired) electrons. The molecule has 0 spiro atoms. The lowest BCUT2D eigenvalue weighted by molar-refractivity contribution is -0.113. The summed E-state index contributed by atoms with van der Waals surface area (Å²) in [5, 5.41) is 11.0. The number of hydrogen-bond acceptors (Lipinski definition) is 3. The van der Waals surface area contributed by atoms with Gasteiger partial charge in [0.25, 0.3) is 0 Å². The second-order valence-corrected chi connectivity index (χ2v) is 2.41. The Hall–Kier alpha value is -1.38. The van der Waals surface area contributed by atoms with Crippen LogP contribution in [0, 0.1) is 0 Å². The van der Waals surface area contributed by atoms with Gasteiger partial charge in [0, 0.05) is 6.42 Å². The highest BCUT2D eigenvalue weighted by Crippen LogP contribution is 2.17. The molecular formula is C8H9NO2. The first-order valence-corrected chi connectivity index (χ1v) is 3.32. The molecule has 0 fully saturated rings. The molecule has 1 aliphatic rings. The molecule has 0 amide bonds. The monoisotopic (exact) mass is 151 g/mol. The molecule has 0 atom stereocenters. The SMILES string of the molecule is CC(=O)C1=CC=C(/C=N/O)C1. The first-order chi connectivity index (χ1) is 5.24. The lowest BCUT2D eigenvalue weighted by Gasteiger charge is -1.93. The van der Waals surface area contributed by atoms with E-state index in [4.69, 9.17) is 5.21 Å². The number of rotatable bonds is 2. The quantitative estimate of drug-likeness (QED) is 0.367. The average Bonchev–Trinajstić information content (AvgIpc) is 2.37. The molecule has 11 heavy (non-hydrogen) atoms. The van der Waals surface area contributed by atoms with Gasteiger partial charge in [0.05, 0.1) is 6.21 Å². The van der Waals surface area contributed by atoms with Crippen molar-refractivity contribution in [2.45, 2.75) is 13.3 Å². The number of carbonyl (C=O) groups is 1. The summed E-state index contributed by atoms with van der Waals surface area (Å²) >= 11 is 0. The van der Waals surface area contributed by atoms with Gasteiger partial charge in [0.1, 0.15) is 0 Å². The molecular weight excluding hydrogens is 142 g/mol. The molecule has 0 aromatic rings. The molecule has 0 aliphatic heterocycles. The van der Waals surface area contributed by atoms with Crippen molar-refractivity contribution in [1.82, 2.24) is 0 Å². The van der Waals surface area contributed by atoms with Crippen LogP contribution in [-0.2, 0) is 4.79 Å². The Labute approximate surface area is 64.7 Å². The third-order valence-corrected chi connectivity index (χ3v) is 1.57. The lowest BCUT2D eigenvalue weighted by Crippen LogP contribution is -1.94. The number of oxime groups is 1. The van der Waals surface area contributed by atoms with E-state index in [0.29, 0.717) is 6.42 Å². The molecule has 0 saturated heterocycles. The highest BCUT2D eigenvalue weighted by Gasteiger charge is 2.09. The normalized spacial score (nSPS) is 16.8. The number of Topliss-reactive ketones (excluding diaryl/α,β-unsaturated/α-hetero) is 1. The standard InChI is InChI=1S/C8H9NO2/c1-6(10)8-3-2-7(4-8)5-9-11/h2-3,5,11H,4H2,1H3/b9-5+. The summed E-state index contributed by atoms with van der Waals surface area (Å²) in [5.41, 5.74) is 1.62. The van der Waals surface area contributed by atoms with Crippen LogP contribution in [0.5, 0.6) is 0 Å². The highest BCUT2D eigenvalue weighted by molar-refractivity contribution is 5.97. The maximum absolute atomic E-state index is 10.8. The molecule has 0 aromatic carbocycles. The number of carbonyl (C=O) groups excluding carboxylic acids is 1. The van der Waals surface area contributed by atoms with E-state index < -0.39 is 0 Å². The van der Waals surface area contributed by atoms with Crippen molar-refractivity contribution >= 4 is 12.0 Å². The van der Waals surface area contributed by atoms with Crippen LogP contribution in [0.4, 0.5) is 0 Å². The minimum absolute atomic E-state index is 0.0718. The van der Waals surface area contributed by atoms with Crippen molar-refractivity contribution in [3.05, 3.63) is 23.3 Å². The molecule has 58 valence electrons. The van der Waals surface area contributed by atoms with Crippen LogP contribution >= 0.6 is 0 Å². The molecule has 0 unspecified atom stereocenters. The van der Waals surface area contributed by atoms with Crippen molar-refractivity contribution in [1.29, 1.82) is 0 Å². The average molecular weight is 151 g/mol. The van der Waals surface area contributed by atoms with Gasteiger partial charge < -0.3 is 5.21 Å². The zero-order valence-corrected chi connectivity index (χ0v) is 6.24. The van der Waals surface area contributed by atoms with E-state index in [1.165, 1.54) is 13.1 Å². The summed E-state index contributed by atoms with van der Waals surface area (Å²) in [6.45, 7) is 1.53. The van der Waals surface area contributed by atoms with E-state index in [2.05, 4.69) is 5.16 Å². The van der Waals surface area contributed by atoms with Crippen LogP contribution in [0.2, 0.25) is 0 Å².